The highest BCUT2D eigenvalue weighted by molar-refractivity contribution is 9.11. The van der Waals surface area contributed by atoms with E-state index in [0.717, 1.165) is 29.7 Å². The molecule has 5 heteroatoms. The van der Waals surface area contributed by atoms with Gasteiger partial charge in [-0.1, -0.05) is 13.8 Å². The summed E-state index contributed by atoms with van der Waals surface area (Å²) in [5.74, 6) is 0.721. The van der Waals surface area contributed by atoms with Gasteiger partial charge in [0.2, 0.25) is 5.91 Å². The van der Waals surface area contributed by atoms with E-state index in [0.29, 0.717) is 12.5 Å². The van der Waals surface area contributed by atoms with Crippen LogP contribution in [-0.4, -0.2) is 25.5 Å². The highest BCUT2D eigenvalue weighted by Gasteiger charge is 2.02. The van der Waals surface area contributed by atoms with Gasteiger partial charge in [-0.05, 0) is 46.8 Å². The van der Waals surface area contributed by atoms with Crippen molar-refractivity contribution in [3.8, 4) is 0 Å². The lowest BCUT2D eigenvalue weighted by atomic mass is 10.1. The van der Waals surface area contributed by atoms with Gasteiger partial charge in [0.25, 0.3) is 0 Å². The highest BCUT2D eigenvalue weighted by atomic mass is 79.9. The fourth-order valence-electron chi connectivity index (χ4n) is 1.46. The van der Waals surface area contributed by atoms with Crippen LogP contribution in [0.1, 0.15) is 25.1 Å². The second kappa shape index (κ2) is 8.67. The summed E-state index contributed by atoms with van der Waals surface area (Å²) in [7, 11) is 0. The maximum atomic E-state index is 11.5. The zero-order valence-electron chi connectivity index (χ0n) is 11.0. The molecule has 2 N–H and O–H groups in total. The second-order valence-corrected chi connectivity index (χ2v) is 7.21. The molecule has 1 aromatic rings. The Morgan fingerprint density at radius 1 is 1.39 bits per heavy atom. The minimum atomic E-state index is 0.0861. The summed E-state index contributed by atoms with van der Waals surface area (Å²) < 4.78 is 1.16. The van der Waals surface area contributed by atoms with Crippen molar-refractivity contribution in [3.05, 3.63) is 20.8 Å². The summed E-state index contributed by atoms with van der Waals surface area (Å²) in [6, 6.07) is 4.16. The summed E-state index contributed by atoms with van der Waals surface area (Å²) in [5, 5.41) is 6.07. The first kappa shape index (κ1) is 15.7. The summed E-state index contributed by atoms with van der Waals surface area (Å²) in [5.41, 5.74) is 0. The molecule has 0 bridgehead atoms. The number of carbonyl (C=O) groups is 1. The molecule has 0 fully saturated rings. The maximum absolute atomic E-state index is 11.5. The fourth-order valence-corrected chi connectivity index (χ4v) is 2.95. The van der Waals surface area contributed by atoms with Crippen molar-refractivity contribution in [1.82, 2.24) is 10.6 Å². The number of rotatable bonds is 8. The normalized spacial score (nSPS) is 10.9. The van der Waals surface area contributed by atoms with E-state index < -0.39 is 0 Å². The first-order valence-corrected chi connectivity index (χ1v) is 7.90. The van der Waals surface area contributed by atoms with E-state index in [1.165, 1.54) is 4.88 Å². The smallest absolute Gasteiger partial charge is 0.233 e. The van der Waals surface area contributed by atoms with Gasteiger partial charge in [-0.15, -0.1) is 11.3 Å². The molecule has 0 spiro atoms. The monoisotopic (exact) mass is 332 g/mol. The Bertz CT molecular complexity index is 366. The van der Waals surface area contributed by atoms with Gasteiger partial charge < -0.3 is 10.6 Å². The minimum absolute atomic E-state index is 0.0861. The number of amides is 1. The van der Waals surface area contributed by atoms with E-state index in [-0.39, 0.29) is 5.91 Å². The van der Waals surface area contributed by atoms with E-state index in [4.69, 9.17) is 0 Å². The SMILES string of the molecule is CC(C)CCNC(=O)CNCCc1ccc(Br)s1. The van der Waals surface area contributed by atoms with Crippen molar-refractivity contribution in [3.63, 3.8) is 0 Å². The van der Waals surface area contributed by atoms with Crippen molar-refractivity contribution < 1.29 is 4.79 Å². The fraction of sp³-hybridized carbons (Fsp3) is 0.615. The van der Waals surface area contributed by atoms with Gasteiger partial charge in [0.15, 0.2) is 0 Å². The predicted molar refractivity (Wildman–Crippen MR) is 81.1 cm³/mol. The maximum Gasteiger partial charge on any atom is 0.233 e. The quantitative estimate of drug-likeness (QED) is 0.719. The Labute approximate surface area is 121 Å². The van der Waals surface area contributed by atoms with Gasteiger partial charge in [-0.2, -0.15) is 0 Å². The van der Waals surface area contributed by atoms with Crippen LogP contribution in [0.4, 0.5) is 0 Å². The van der Waals surface area contributed by atoms with E-state index >= 15 is 0 Å². The molecular weight excluding hydrogens is 312 g/mol. The van der Waals surface area contributed by atoms with Gasteiger partial charge in [-0.25, -0.2) is 0 Å². The van der Waals surface area contributed by atoms with Crippen molar-refractivity contribution in [2.24, 2.45) is 5.92 Å². The van der Waals surface area contributed by atoms with Crippen LogP contribution in [0, 0.1) is 5.92 Å². The average Bonchev–Trinajstić information content (AvgIpc) is 2.70. The molecule has 0 radical (unpaired) electrons. The highest BCUT2D eigenvalue weighted by Crippen LogP contribution is 2.21. The van der Waals surface area contributed by atoms with Crippen LogP contribution in [-0.2, 0) is 11.2 Å². The van der Waals surface area contributed by atoms with Crippen molar-refractivity contribution >= 4 is 33.2 Å². The molecule has 0 aromatic carbocycles. The van der Waals surface area contributed by atoms with Crippen molar-refractivity contribution in [2.75, 3.05) is 19.6 Å². The molecule has 0 aliphatic rings. The van der Waals surface area contributed by atoms with Crippen molar-refractivity contribution in [2.45, 2.75) is 26.7 Å². The van der Waals surface area contributed by atoms with E-state index in [1.54, 1.807) is 11.3 Å². The first-order chi connectivity index (χ1) is 8.58. The average molecular weight is 333 g/mol. The Kier molecular flexibility index (Phi) is 7.54. The van der Waals surface area contributed by atoms with Crippen LogP contribution >= 0.6 is 27.3 Å². The minimum Gasteiger partial charge on any atom is -0.355 e. The van der Waals surface area contributed by atoms with Gasteiger partial charge >= 0.3 is 0 Å². The van der Waals surface area contributed by atoms with E-state index in [2.05, 4.69) is 52.5 Å². The summed E-state index contributed by atoms with van der Waals surface area (Å²) in [4.78, 5) is 12.8. The topological polar surface area (TPSA) is 41.1 Å². The molecule has 0 aliphatic heterocycles. The van der Waals surface area contributed by atoms with E-state index in [9.17, 15) is 4.79 Å². The van der Waals surface area contributed by atoms with Gasteiger partial charge in [0, 0.05) is 18.0 Å². The molecule has 1 heterocycles. The summed E-state index contributed by atoms with van der Waals surface area (Å²) >= 11 is 5.18. The van der Waals surface area contributed by atoms with Gasteiger partial charge in [-0.3, -0.25) is 4.79 Å². The third-order valence-corrected chi connectivity index (χ3v) is 4.19. The molecule has 1 rings (SSSR count). The number of halogens is 1. The molecule has 102 valence electrons. The molecule has 18 heavy (non-hydrogen) atoms. The number of carbonyl (C=O) groups excluding carboxylic acids is 1. The number of thiophene rings is 1. The molecule has 0 aliphatic carbocycles. The molecule has 3 nitrogen and oxygen atoms in total. The zero-order valence-corrected chi connectivity index (χ0v) is 13.4. The molecular formula is C13H21BrN2OS. The van der Waals surface area contributed by atoms with Gasteiger partial charge in [0.05, 0.1) is 10.3 Å². The number of hydrogen-bond donors (Lipinski definition) is 2. The lowest BCUT2D eigenvalue weighted by Crippen LogP contribution is -2.35. The van der Waals surface area contributed by atoms with Crippen LogP contribution in [0.5, 0.6) is 0 Å². The zero-order chi connectivity index (χ0) is 13.4. The Balaban J connectivity index is 2.02. The molecule has 0 unspecified atom stereocenters. The summed E-state index contributed by atoms with van der Waals surface area (Å²) in [6.07, 6.45) is 2.00. The lowest BCUT2D eigenvalue weighted by Gasteiger charge is -2.07. The largest absolute Gasteiger partial charge is 0.355 e. The van der Waals surface area contributed by atoms with Crippen LogP contribution in [0.3, 0.4) is 0 Å². The lowest BCUT2D eigenvalue weighted by molar-refractivity contribution is -0.120. The number of nitrogens with one attached hydrogen (secondary N) is 2. The second-order valence-electron chi connectivity index (χ2n) is 4.67. The standard InChI is InChI=1S/C13H21BrN2OS/c1-10(2)5-8-16-13(17)9-15-7-6-11-3-4-12(14)18-11/h3-4,10,15H,5-9H2,1-2H3,(H,16,17). The molecule has 0 saturated heterocycles. The Hall–Kier alpha value is -0.390. The molecule has 1 amide bonds. The third kappa shape index (κ3) is 7.13. The molecule has 0 atom stereocenters. The van der Waals surface area contributed by atoms with E-state index in [1.807, 2.05) is 0 Å². The van der Waals surface area contributed by atoms with Gasteiger partial charge in [0.1, 0.15) is 0 Å². The van der Waals surface area contributed by atoms with Crippen LogP contribution in [0.15, 0.2) is 15.9 Å². The molecule has 0 saturated carbocycles. The Morgan fingerprint density at radius 2 is 2.17 bits per heavy atom. The van der Waals surface area contributed by atoms with Crippen molar-refractivity contribution in [1.29, 1.82) is 0 Å². The molecule has 1 aromatic heterocycles. The van der Waals surface area contributed by atoms with Crippen LogP contribution < -0.4 is 10.6 Å². The predicted octanol–water partition coefficient (Wildman–Crippen LogP) is 2.81. The third-order valence-electron chi connectivity index (χ3n) is 2.51. The summed E-state index contributed by atoms with van der Waals surface area (Å²) in [6.45, 7) is 6.33. The Morgan fingerprint density at radius 3 is 2.78 bits per heavy atom. The first-order valence-electron chi connectivity index (χ1n) is 6.29. The van der Waals surface area contributed by atoms with Crippen LogP contribution in [0.25, 0.3) is 0 Å². The van der Waals surface area contributed by atoms with Crippen LogP contribution in [0.2, 0.25) is 0 Å². The number of hydrogen-bond acceptors (Lipinski definition) is 3.